The van der Waals surface area contributed by atoms with Crippen LogP contribution in [0.2, 0.25) is 5.02 Å². The van der Waals surface area contributed by atoms with Gasteiger partial charge in [0.15, 0.2) is 0 Å². The minimum Gasteiger partial charge on any atom is -0.378 e. The normalized spacial score (nSPS) is 16.4. The predicted molar refractivity (Wildman–Crippen MR) is 67.9 cm³/mol. The van der Waals surface area contributed by atoms with Gasteiger partial charge in [-0.15, -0.1) is 0 Å². The number of halogens is 2. The van der Waals surface area contributed by atoms with E-state index in [1.807, 2.05) is 5.01 Å². The van der Waals surface area contributed by atoms with Gasteiger partial charge in [-0.1, -0.05) is 11.6 Å². The number of benzene rings is 1. The Hall–Kier alpha value is -1.53. The van der Waals surface area contributed by atoms with Crippen LogP contribution in [0.25, 0.3) is 11.0 Å². The van der Waals surface area contributed by atoms with E-state index in [2.05, 4.69) is 4.98 Å². The Morgan fingerprint density at radius 1 is 1.33 bits per heavy atom. The summed E-state index contributed by atoms with van der Waals surface area (Å²) in [5, 5.41) is 2.08. The molecular weight excluding hydrogens is 259 g/mol. The van der Waals surface area contributed by atoms with E-state index in [-0.39, 0.29) is 5.02 Å². The molecule has 18 heavy (non-hydrogen) atoms. The van der Waals surface area contributed by atoms with Gasteiger partial charge in [0.05, 0.1) is 42.4 Å². The molecule has 0 bridgehead atoms. The standard InChI is InChI=1S/C11H12ClFN4O/c12-7-5-10-9(6-8(7)13)15-11(14)17(10)16-1-3-18-4-2-16/h5-6H,1-4H2,(H2,14,15). The van der Waals surface area contributed by atoms with Crippen molar-refractivity contribution in [1.29, 1.82) is 0 Å². The lowest BCUT2D eigenvalue weighted by Gasteiger charge is -2.30. The highest BCUT2D eigenvalue weighted by atomic mass is 35.5. The smallest absolute Gasteiger partial charge is 0.220 e. The van der Waals surface area contributed by atoms with Crippen LogP contribution in [-0.4, -0.2) is 36.0 Å². The highest BCUT2D eigenvalue weighted by Gasteiger charge is 2.18. The third kappa shape index (κ3) is 1.77. The predicted octanol–water partition coefficient (Wildman–Crippen LogP) is 1.38. The molecule has 0 aliphatic carbocycles. The lowest BCUT2D eigenvalue weighted by atomic mass is 10.3. The number of nitrogens with zero attached hydrogens (tertiary/aromatic N) is 3. The Kier molecular flexibility index (Phi) is 2.76. The molecule has 2 aromatic rings. The van der Waals surface area contributed by atoms with Crippen LogP contribution in [-0.2, 0) is 4.74 Å². The average Bonchev–Trinajstić information content (AvgIpc) is 2.66. The summed E-state index contributed by atoms with van der Waals surface area (Å²) in [6.07, 6.45) is 0. The molecule has 2 N–H and O–H groups in total. The Bertz CT molecular complexity index is 594. The Labute approximate surface area is 108 Å². The van der Waals surface area contributed by atoms with Crippen LogP contribution in [0.3, 0.4) is 0 Å². The topological polar surface area (TPSA) is 56.3 Å². The zero-order valence-corrected chi connectivity index (χ0v) is 10.3. The number of anilines is 1. The molecule has 0 saturated carbocycles. The Morgan fingerprint density at radius 2 is 2.06 bits per heavy atom. The van der Waals surface area contributed by atoms with Crippen LogP contribution < -0.4 is 10.7 Å². The van der Waals surface area contributed by atoms with Gasteiger partial charge in [-0.05, 0) is 6.07 Å². The zero-order chi connectivity index (χ0) is 12.7. The van der Waals surface area contributed by atoms with Crippen LogP contribution in [0.1, 0.15) is 0 Å². The number of aromatic nitrogens is 2. The molecule has 2 heterocycles. The SMILES string of the molecule is Nc1nc2cc(F)c(Cl)cc2n1N1CCOCC1. The van der Waals surface area contributed by atoms with Gasteiger partial charge in [0.25, 0.3) is 0 Å². The summed E-state index contributed by atoms with van der Waals surface area (Å²) in [6.45, 7) is 2.69. The largest absolute Gasteiger partial charge is 0.378 e. The van der Waals surface area contributed by atoms with Crippen molar-refractivity contribution in [3.05, 3.63) is 23.0 Å². The van der Waals surface area contributed by atoms with Crippen molar-refractivity contribution >= 4 is 28.6 Å². The zero-order valence-electron chi connectivity index (χ0n) is 9.57. The van der Waals surface area contributed by atoms with Gasteiger partial charge in [0.2, 0.25) is 5.95 Å². The molecule has 0 amide bonds. The molecule has 1 aliphatic rings. The monoisotopic (exact) mass is 270 g/mol. The molecule has 3 rings (SSSR count). The number of nitrogens with two attached hydrogens (primary N) is 1. The molecule has 5 nitrogen and oxygen atoms in total. The molecule has 1 aromatic carbocycles. The number of hydrogen-bond donors (Lipinski definition) is 1. The van der Waals surface area contributed by atoms with Crippen LogP contribution in [0.4, 0.5) is 10.3 Å². The first-order valence-electron chi connectivity index (χ1n) is 5.63. The minimum absolute atomic E-state index is 0.0666. The van der Waals surface area contributed by atoms with Crippen molar-refractivity contribution in [2.75, 3.05) is 37.0 Å². The first-order chi connectivity index (χ1) is 8.66. The number of rotatable bonds is 1. The van der Waals surface area contributed by atoms with E-state index in [4.69, 9.17) is 22.1 Å². The van der Waals surface area contributed by atoms with Gasteiger partial charge < -0.3 is 15.5 Å². The lowest BCUT2D eigenvalue weighted by molar-refractivity contribution is 0.112. The van der Waals surface area contributed by atoms with E-state index >= 15 is 0 Å². The second-order valence-electron chi connectivity index (χ2n) is 4.10. The summed E-state index contributed by atoms with van der Waals surface area (Å²) in [5.41, 5.74) is 7.10. The number of hydrogen-bond acceptors (Lipinski definition) is 4. The first kappa shape index (κ1) is 11.6. The molecule has 1 aliphatic heterocycles. The molecule has 0 radical (unpaired) electrons. The fraction of sp³-hybridized carbons (Fsp3) is 0.364. The quantitative estimate of drug-likeness (QED) is 0.851. The van der Waals surface area contributed by atoms with Crippen LogP contribution >= 0.6 is 11.6 Å². The first-order valence-corrected chi connectivity index (χ1v) is 6.00. The fourth-order valence-electron chi connectivity index (χ4n) is 2.13. The van der Waals surface area contributed by atoms with E-state index in [1.165, 1.54) is 6.07 Å². The van der Waals surface area contributed by atoms with Gasteiger partial charge in [-0.3, -0.25) is 0 Å². The van der Waals surface area contributed by atoms with Crippen molar-refractivity contribution in [1.82, 2.24) is 9.66 Å². The molecule has 96 valence electrons. The van der Waals surface area contributed by atoms with Crippen molar-refractivity contribution in [3.8, 4) is 0 Å². The number of fused-ring (bicyclic) bond motifs is 1. The Morgan fingerprint density at radius 3 is 2.78 bits per heavy atom. The van der Waals surface area contributed by atoms with Crippen molar-refractivity contribution in [2.24, 2.45) is 0 Å². The number of ether oxygens (including phenoxy) is 1. The maximum atomic E-state index is 13.4. The maximum Gasteiger partial charge on any atom is 0.220 e. The molecule has 0 unspecified atom stereocenters. The van der Waals surface area contributed by atoms with E-state index < -0.39 is 5.82 Å². The second-order valence-corrected chi connectivity index (χ2v) is 4.51. The van der Waals surface area contributed by atoms with Gasteiger partial charge in [0.1, 0.15) is 5.82 Å². The molecule has 0 atom stereocenters. The van der Waals surface area contributed by atoms with E-state index in [0.29, 0.717) is 43.3 Å². The minimum atomic E-state index is -0.490. The molecule has 0 spiro atoms. The summed E-state index contributed by atoms with van der Waals surface area (Å²) in [6, 6.07) is 2.84. The highest BCUT2D eigenvalue weighted by molar-refractivity contribution is 6.31. The van der Waals surface area contributed by atoms with Gasteiger partial charge in [0, 0.05) is 6.07 Å². The second kappa shape index (κ2) is 4.29. The average molecular weight is 271 g/mol. The summed E-state index contributed by atoms with van der Waals surface area (Å²) in [5.74, 6) is -0.163. The van der Waals surface area contributed by atoms with E-state index in [9.17, 15) is 4.39 Å². The van der Waals surface area contributed by atoms with Crippen LogP contribution in [0.5, 0.6) is 0 Å². The molecular formula is C11H12ClFN4O. The van der Waals surface area contributed by atoms with Gasteiger partial charge in [-0.25, -0.2) is 14.1 Å². The summed E-state index contributed by atoms with van der Waals surface area (Å²) in [7, 11) is 0. The van der Waals surface area contributed by atoms with E-state index in [1.54, 1.807) is 10.7 Å². The van der Waals surface area contributed by atoms with Crippen molar-refractivity contribution in [3.63, 3.8) is 0 Å². The lowest BCUT2D eigenvalue weighted by Crippen LogP contribution is -2.44. The van der Waals surface area contributed by atoms with Crippen LogP contribution in [0.15, 0.2) is 12.1 Å². The third-order valence-corrected chi connectivity index (χ3v) is 3.26. The molecule has 1 aromatic heterocycles. The van der Waals surface area contributed by atoms with Crippen molar-refractivity contribution in [2.45, 2.75) is 0 Å². The van der Waals surface area contributed by atoms with Gasteiger partial charge in [-0.2, -0.15) is 0 Å². The number of morpholine rings is 1. The molecule has 1 fully saturated rings. The van der Waals surface area contributed by atoms with Crippen LogP contribution in [0, 0.1) is 5.82 Å². The molecule has 1 saturated heterocycles. The fourth-order valence-corrected chi connectivity index (χ4v) is 2.29. The van der Waals surface area contributed by atoms with E-state index in [0.717, 1.165) is 0 Å². The third-order valence-electron chi connectivity index (χ3n) is 2.97. The highest BCUT2D eigenvalue weighted by Crippen LogP contribution is 2.25. The summed E-state index contributed by atoms with van der Waals surface area (Å²) in [4.78, 5) is 4.15. The van der Waals surface area contributed by atoms with Gasteiger partial charge >= 0.3 is 0 Å². The number of imidazole rings is 1. The number of nitrogen functional groups attached to an aromatic ring is 1. The summed E-state index contributed by atoms with van der Waals surface area (Å²) < 4.78 is 20.4. The molecule has 7 heteroatoms. The summed E-state index contributed by atoms with van der Waals surface area (Å²) >= 11 is 5.81. The Balaban J connectivity index is 2.15. The maximum absolute atomic E-state index is 13.4. The van der Waals surface area contributed by atoms with Crippen molar-refractivity contribution < 1.29 is 9.13 Å².